The lowest BCUT2D eigenvalue weighted by Crippen LogP contribution is -2.45. The zero-order valence-corrected chi connectivity index (χ0v) is 20.4. The summed E-state index contributed by atoms with van der Waals surface area (Å²) in [7, 11) is -4.16. The first-order valence-corrected chi connectivity index (χ1v) is 12.9. The van der Waals surface area contributed by atoms with Gasteiger partial charge >= 0.3 is 6.18 Å². The number of sulfonamides is 1. The number of benzene rings is 1. The molecule has 38 heavy (non-hydrogen) atoms. The van der Waals surface area contributed by atoms with Crippen molar-refractivity contribution in [3.8, 4) is 11.3 Å². The summed E-state index contributed by atoms with van der Waals surface area (Å²) in [5.74, 6) is -1.04. The van der Waals surface area contributed by atoms with Crippen molar-refractivity contribution in [2.24, 2.45) is 0 Å². The Morgan fingerprint density at radius 3 is 2.66 bits per heavy atom. The number of aromatic nitrogens is 2. The zero-order valence-electron chi connectivity index (χ0n) is 19.6. The quantitative estimate of drug-likeness (QED) is 0.356. The number of halogens is 4. The molecule has 0 bridgehead atoms. The highest BCUT2D eigenvalue weighted by Gasteiger charge is 2.41. The number of fused-ring (bicyclic) bond motifs is 1. The molecule has 1 aliphatic rings. The van der Waals surface area contributed by atoms with Gasteiger partial charge in [-0.1, -0.05) is 0 Å². The minimum absolute atomic E-state index is 0.0384. The minimum atomic E-state index is -4.55. The molecule has 198 valence electrons. The third-order valence-corrected chi connectivity index (χ3v) is 7.93. The van der Waals surface area contributed by atoms with Crippen LogP contribution in [0.3, 0.4) is 0 Å². The maximum atomic E-state index is 13.5. The number of carbonyl (C=O) groups is 1. The lowest BCUT2D eigenvalue weighted by molar-refractivity contribution is -0.141. The summed E-state index contributed by atoms with van der Waals surface area (Å²) in [5.41, 5.74) is 0.529. The molecular weight excluding hydrogens is 528 g/mol. The Labute approximate surface area is 214 Å². The molecule has 1 N–H and O–H groups in total. The Hall–Kier alpha value is -3.84. The fourth-order valence-corrected chi connectivity index (χ4v) is 5.89. The van der Waals surface area contributed by atoms with Crippen LogP contribution < -0.4 is 5.32 Å². The van der Waals surface area contributed by atoms with Gasteiger partial charge in [-0.05, 0) is 60.9 Å². The van der Waals surface area contributed by atoms with Gasteiger partial charge in [0.15, 0.2) is 0 Å². The number of nitrogens with one attached hydrogen (secondary N) is 1. The first-order chi connectivity index (χ1) is 18.0. The number of furan rings is 1. The summed E-state index contributed by atoms with van der Waals surface area (Å²) in [6.45, 7) is 0.156. The van der Waals surface area contributed by atoms with Crippen molar-refractivity contribution in [1.82, 2.24) is 19.6 Å². The Bertz CT molecular complexity index is 1600. The molecule has 1 fully saturated rings. The van der Waals surface area contributed by atoms with E-state index in [2.05, 4.69) is 15.3 Å². The van der Waals surface area contributed by atoms with Gasteiger partial charge in [0.25, 0.3) is 10.0 Å². The fraction of sp³-hybridized carbons (Fsp3) is 0.240. The van der Waals surface area contributed by atoms with Crippen LogP contribution in [-0.2, 0) is 27.5 Å². The van der Waals surface area contributed by atoms with Crippen LogP contribution in [0.4, 0.5) is 17.6 Å². The van der Waals surface area contributed by atoms with Gasteiger partial charge < -0.3 is 9.73 Å². The molecule has 1 saturated heterocycles. The molecule has 4 aromatic rings. The Kier molecular flexibility index (Phi) is 6.65. The number of hydrogen-bond donors (Lipinski definition) is 1. The molecule has 1 unspecified atom stereocenters. The summed E-state index contributed by atoms with van der Waals surface area (Å²) in [4.78, 5) is 20.6. The first-order valence-electron chi connectivity index (χ1n) is 11.5. The SMILES string of the molecule is O=C(NCc1ccnc(-c2ccc(C(F)(F)F)nc2)c1)C1CCCN1S(=O)(=O)c1cc2cc(F)ccc2o1. The zero-order chi connectivity index (χ0) is 27.1. The van der Waals surface area contributed by atoms with E-state index in [1.54, 1.807) is 12.1 Å². The van der Waals surface area contributed by atoms with Crippen molar-refractivity contribution in [3.63, 3.8) is 0 Å². The van der Waals surface area contributed by atoms with Crippen LogP contribution in [-0.4, -0.2) is 41.2 Å². The first kappa shape index (κ1) is 25.8. The van der Waals surface area contributed by atoms with E-state index in [9.17, 15) is 30.8 Å². The molecular formula is C25H20F4N4O4S. The summed E-state index contributed by atoms with van der Waals surface area (Å²) in [6, 6.07) is 9.26. The van der Waals surface area contributed by atoms with Gasteiger partial charge in [-0.3, -0.25) is 14.8 Å². The molecule has 5 rings (SSSR count). The molecule has 1 aliphatic heterocycles. The summed E-state index contributed by atoms with van der Waals surface area (Å²) in [5, 5.41) is 2.64. The van der Waals surface area contributed by atoms with Crippen LogP contribution in [0, 0.1) is 5.82 Å². The fourth-order valence-electron chi connectivity index (χ4n) is 4.28. The summed E-state index contributed by atoms with van der Waals surface area (Å²) < 4.78 is 84.8. The standard InChI is InChI=1S/C25H20F4N4O4S/c26-18-4-5-21-17(11-18)12-23(37-21)38(35,36)33-9-1-2-20(33)24(34)32-13-15-7-8-30-19(10-15)16-3-6-22(31-14-16)25(27,28)29/h3-8,10-12,14,20H,1-2,9,13H2,(H,32,34). The Balaban J connectivity index is 1.28. The third kappa shape index (κ3) is 5.11. The topological polar surface area (TPSA) is 105 Å². The van der Waals surface area contributed by atoms with Crippen LogP contribution in [0.5, 0.6) is 0 Å². The van der Waals surface area contributed by atoms with Gasteiger partial charge in [-0.15, -0.1) is 0 Å². The van der Waals surface area contributed by atoms with Crippen molar-refractivity contribution in [3.05, 3.63) is 78.0 Å². The maximum absolute atomic E-state index is 13.5. The van der Waals surface area contributed by atoms with Gasteiger partial charge in [-0.2, -0.15) is 17.5 Å². The second kappa shape index (κ2) is 9.80. The van der Waals surface area contributed by atoms with Crippen molar-refractivity contribution < 1.29 is 35.2 Å². The number of pyridine rings is 2. The molecule has 13 heteroatoms. The molecule has 1 aromatic carbocycles. The van der Waals surface area contributed by atoms with Gasteiger partial charge in [0.2, 0.25) is 11.0 Å². The number of nitrogens with zero attached hydrogens (tertiary/aromatic N) is 3. The largest absolute Gasteiger partial charge is 0.443 e. The van der Waals surface area contributed by atoms with Gasteiger partial charge in [0, 0.05) is 42.5 Å². The van der Waals surface area contributed by atoms with E-state index in [4.69, 9.17) is 4.42 Å². The van der Waals surface area contributed by atoms with E-state index in [0.717, 1.165) is 28.7 Å². The number of alkyl halides is 3. The summed E-state index contributed by atoms with van der Waals surface area (Å²) in [6.07, 6.45) is -1.26. The lowest BCUT2D eigenvalue weighted by atomic mass is 10.1. The summed E-state index contributed by atoms with van der Waals surface area (Å²) >= 11 is 0. The third-order valence-electron chi connectivity index (χ3n) is 6.17. The van der Waals surface area contributed by atoms with E-state index < -0.39 is 39.7 Å². The smallest absolute Gasteiger partial charge is 0.433 e. The highest BCUT2D eigenvalue weighted by atomic mass is 32.2. The molecule has 3 aromatic heterocycles. The van der Waals surface area contributed by atoms with E-state index in [1.807, 2.05) is 0 Å². The number of rotatable bonds is 6. The average Bonchev–Trinajstić information content (AvgIpc) is 3.55. The van der Waals surface area contributed by atoms with Crippen molar-refractivity contribution in [2.45, 2.75) is 36.7 Å². The maximum Gasteiger partial charge on any atom is 0.433 e. The predicted octanol–water partition coefficient (Wildman–Crippen LogP) is 4.52. The van der Waals surface area contributed by atoms with E-state index in [-0.39, 0.29) is 23.8 Å². The van der Waals surface area contributed by atoms with Crippen molar-refractivity contribution in [2.75, 3.05) is 6.54 Å². The predicted molar refractivity (Wildman–Crippen MR) is 127 cm³/mol. The number of carbonyl (C=O) groups excluding carboxylic acids is 1. The molecule has 0 aliphatic carbocycles. The number of hydrogen-bond acceptors (Lipinski definition) is 6. The second-order valence-electron chi connectivity index (χ2n) is 8.72. The average molecular weight is 549 g/mol. The van der Waals surface area contributed by atoms with Gasteiger partial charge in [0.05, 0.1) is 5.69 Å². The molecule has 1 amide bonds. The normalized spacial score (nSPS) is 16.7. The molecule has 0 saturated carbocycles. The molecule has 1 atom stereocenters. The van der Waals surface area contributed by atoms with E-state index in [1.165, 1.54) is 24.4 Å². The molecule has 8 nitrogen and oxygen atoms in total. The minimum Gasteiger partial charge on any atom is -0.443 e. The van der Waals surface area contributed by atoms with Crippen molar-refractivity contribution in [1.29, 1.82) is 0 Å². The van der Waals surface area contributed by atoms with E-state index in [0.29, 0.717) is 35.0 Å². The Morgan fingerprint density at radius 1 is 1.11 bits per heavy atom. The number of amides is 1. The van der Waals surface area contributed by atoms with Crippen LogP contribution in [0.25, 0.3) is 22.2 Å². The lowest BCUT2D eigenvalue weighted by Gasteiger charge is -2.22. The van der Waals surface area contributed by atoms with Crippen LogP contribution in [0.15, 0.2) is 70.4 Å². The molecule has 4 heterocycles. The molecule has 0 spiro atoms. The molecule has 0 radical (unpaired) electrons. The van der Waals surface area contributed by atoms with Crippen LogP contribution in [0.1, 0.15) is 24.1 Å². The van der Waals surface area contributed by atoms with Gasteiger partial charge in [-0.25, -0.2) is 12.8 Å². The second-order valence-corrected chi connectivity index (χ2v) is 10.5. The van der Waals surface area contributed by atoms with Crippen LogP contribution >= 0.6 is 0 Å². The van der Waals surface area contributed by atoms with Crippen molar-refractivity contribution >= 4 is 26.9 Å². The van der Waals surface area contributed by atoms with E-state index >= 15 is 0 Å². The highest BCUT2D eigenvalue weighted by molar-refractivity contribution is 7.89. The van der Waals surface area contributed by atoms with Gasteiger partial charge in [0.1, 0.15) is 23.1 Å². The Morgan fingerprint density at radius 2 is 1.92 bits per heavy atom. The monoisotopic (exact) mass is 548 g/mol. The van der Waals surface area contributed by atoms with Crippen LogP contribution in [0.2, 0.25) is 0 Å². The highest BCUT2D eigenvalue weighted by Crippen LogP contribution is 2.31.